The van der Waals surface area contributed by atoms with E-state index in [1.807, 2.05) is 18.4 Å². The first kappa shape index (κ1) is 40.2. The molecule has 0 radical (unpaired) electrons. The maximum atomic E-state index is 12.4. The average molecular weight is 657 g/mol. The van der Waals surface area contributed by atoms with Crippen LogP contribution in [0, 0.1) is 11.8 Å². The number of nitrogens with two attached hydrogens (primary N) is 2. The third kappa shape index (κ3) is 18.2. The van der Waals surface area contributed by atoms with Gasteiger partial charge in [0.1, 0.15) is 11.6 Å². The van der Waals surface area contributed by atoms with Gasteiger partial charge in [-0.3, -0.25) is 9.59 Å². The van der Waals surface area contributed by atoms with E-state index < -0.39 is 12.0 Å². The number of allylic oxidation sites excluding steroid dienone is 2. The second kappa shape index (κ2) is 25.1. The fourth-order valence-corrected chi connectivity index (χ4v) is 5.53. The highest BCUT2D eigenvalue weighted by Crippen LogP contribution is 2.17. The van der Waals surface area contributed by atoms with Gasteiger partial charge in [0, 0.05) is 18.9 Å². The van der Waals surface area contributed by atoms with Crippen LogP contribution in [0.5, 0.6) is 0 Å². The third-order valence-electron chi connectivity index (χ3n) is 8.72. The SMILES string of the molecule is CCCCCCCC/C=C/CCCCCCCCCCCC(=O)OCC[C@@H](COC(=O)[C@@H](N)C(C)C)Cn1cnc2cnc(N)nc21. The molecule has 0 amide bonds. The monoisotopic (exact) mass is 656 g/mol. The Hall–Kier alpha value is -3.01. The molecule has 2 atom stereocenters. The molecule has 0 bridgehead atoms. The van der Waals surface area contributed by atoms with Gasteiger partial charge in [-0.25, -0.2) is 9.97 Å². The summed E-state index contributed by atoms with van der Waals surface area (Å²) in [6.45, 7) is 6.88. The second-order valence-electron chi connectivity index (χ2n) is 13.4. The van der Waals surface area contributed by atoms with Crippen LogP contribution >= 0.6 is 0 Å². The van der Waals surface area contributed by atoms with E-state index >= 15 is 0 Å². The van der Waals surface area contributed by atoms with Gasteiger partial charge in [0.25, 0.3) is 0 Å². The molecule has 47 heavy (non-hydrogen) atoms. The Kier molecular flexibility index (Phi) is 21.4. The smallest absolute Gasteiger partial charge is 0.323 e. The Morgan fingerprint density at radius 1 is 0.851 bits per heavy atom. The topological polar surface area (TPSA) is 148 Å². The molecule has 0 aliphatic heterocycles. The number of carbonyl (C=O) groups is 2. The molecule has 0 aliphatic rings. The van der Waals surface area contributed by atoms with Gasteiger partial charge in [0.2, 0.25) is 5.95 Å². The van der Waals surface area contributed by atoms with Crippen LogP contribution in [0.3, 0.4) is 0 Å². The van der Waals surface area contributed by atoms with Crippen LogP contribution in [-0.2, 0) is 25.6 Å². The van der Waals surface area contributed by atoms with Crippen molar-refractivity contribution in [1.82, 2.24) is 19.5 Å². The Morgan fingerprint density at radius 3 is 2.06 bits per heavy atom. The number of nitrogen functional groups attached to an aromatic ring is 1. The summed E-state index contributed by atoms with van der Waals surface area (Å²) in [7, 11) is 0. The highest BCUT2D eigenvalue weighted by Gasteiger charge is 2.22. The van der Waals surface area contributed by atoms with Crippen LogP contribution in [0.4, 0.5) is 5.95 Å². The predicted octanol–water partition coefficient (Wildman–Crippen LogP) is 8.08. The Labute approximate surface area is 283 Å². The minimum absolute atomic E-state index is 0.0268. The molecule has 10 nitrogen and oxygen atoms in total. The van der Waals surface area contributed by atoms with Gasteiger partial charge in [-0.1, -0.05) is 110 Å². The Morgan fingerprint density at radius 2 is 1.45 bits per heavy atom. The molecular formula is C37H64N6O4. The molecule has 0 saturated heterocycles. The third-order valence-corrected chi connectivity index (χ3v) is 8.72. The van der Waals surface area contributed by atoms with Gasteiger partial charge in [-0.05, 0) is 44.4 Å². The minimum atomic E-state index is -0.688. The lowest BCUT2D eigenvalue weighted by molar-refractivity contribution is -0.149. The summed E-state index contributed by atoms with van der Waals surface area (Å²) < 4.78 is 12.9. The molecule has 4 N–H and O–H groups in total. The number of imidazole rings is 1. The van der Waals surface area contributed by atoms with E-state index in [9.17, 15) is 9.59 Å². The van der Waals surface area contributed by atoms with Crippen molar-refractivity contribution in [2.24, 2.45) is 17.6 Å². The van der Waals surface area contributed by atoms with E-state index in [1.165, 1.54) is 89.9 Å². The summed E-state index contributed by atoms with van der Waals surface area (Å²) in [6.07, 6.45) is 30.5. The van der Waals surface area contributed by atoms with Crippen molar-refractivity contribution in [3.63, 3.8) is 0 Å². The van der Waals surface area contributed by atoms with Gasteiger partial charge in [0.15, 0.2) is 5.65 Å². The van der Waals surface area contributed by atoms with Gasteiger partial charge >= 0.3 is 11.9 Å². The van der Waals surface area contributed by atoms with Crippen LogP contribution in [-0.4, -0.2) is 50.7 Å². The first-order valence-electron chi connectivity index (χ1n) is 18.5. The van der Waals surface area contributed by atoms with Crippen LogP contribution < -0.4 is 11.5 Å². The lowest BCUT2D eigenvalue weighted by atomic mass is 10.1. The van der Waals surface area contributed by atoms with Crippen molar-refractivity contribution in [2.45, 2.75) is 155 Å². The molecule has 0 aromatic carbocycles. The zero-order valence-electron chi connectivity index (χ0n) is 29.7. The van der Waals surface area contributed by atoms with Crippen molar-refractivity contribution in [2.75, 3.05) is 18.9 Å². The van der Waals surface area contributed by atoms with E-state index in [2.05, 4.69) is 34.0 Å². The molecule has 0 fully saturated rings. The molecule has 2 heterocycles. The van der Waals surface area contributed by atoms with Crippen LogP contribution in [0.15, 0.2) is 24.7 Å². The lowest BCUT2D eigenvalue weighted by Gasteiger charge is -2.20. The molecule has 0 spiro atoms. The summed E-state index contributed by atoms with van der Waals surface area (Å²) in [4.78, 5) is 37.4. The molecule has 266 valence electrons. The summed E-state index contributed by atoms with van der Waals surface area (Å²) in [6, 6.07) is -0.688. The number of aromatic nitrogens is 4. The molecule has 2 rings (SSSR count). The quantitative estimate of drug-likeness (QED) is 0.0526. The number of ether oxygens (including phenoxy) is 2. The van der Waals surface area contributed by atoms with Gasteiger partial charge < -0.3 is 25.5 Å². The average Bonchev–Trinajstić information content (AvgIpc) is 3.45. The largest absolute Gasteiger partial charge is 0.466 e. The highest BCUT2D eigenvalue weighted by atomic mass is 16.5. The van der Waals surface area contributed by atoms with E-state index in [0.29, 0.717) is 30.6 Å². The van der Waals surface area contributed by atoms with Crippen LogP contribution in [0.25, 0.3) is 11.2 Å². The molecule has 2 aromatic rings. The zero-order valence-corrected chi connectivity index (χ0v) is 29.7. The van der Waals surface area contributed by atoms with Crippen LogP contribution in [0.1, 0.15) is 143 Å². The van der Waals surface area contributed by atoms with Gasteiger partial charge in [-0.2, -0.15) is 4.98 Å². The summed E-state index contributed by atoms with van der Waals surface area (Å²) in [5.41, 5.74) is 13.0. The molecule has 2 aromatic heterocycles. The van der Waals surface area contributed by atoms with E-state index in [0.717, 1.165) is 19.3 Å². The number of fused-ring (bicyclic) bond motifs is 1. The maximum Gasteiger partial charge on any atom is 0.323 e. The summed E-state index contributed by atoms with van der Waals surface area (Å²) in [5, 5.41) is 0. The Bertz CT molecular complexity index is 1150. The van der Waals surface area contributed by atoms with E-state index in [1.54, 1.807) is 12.5 Å². The fourth-order valence-electron chi connectivity index (χ4n) is 5.53. The molecule has 0 saturated carbocycles. The number of unbranched alkanes of at least 4 members (excludes halogenated alkanes) is 15. The summed E-state index contributed by atoms with van der Waals surface area (Å²) in [5.74, 6) is -0.623. The number of rotatable bonds is 28. The molecule has 0 aliphatic carbocycles. The highest BCUT2D eigenvalue weighted by molar-refractivity contribution is 5.75. The number of esters is 2. The standard InChI is InChI=1S/C37H64N6O4/c1-4-5-6-7-8-9-10-11-12-13-14-15-16-17-18-19-20-21-22-23-33(44)46-25-24-31(28-47-36(45)34(38)30(2)3)27-43-29-41-32-26-40-37(39)42-35(32)43/h11-12,26,29-31,34H,4-10,13-25,27-28,38H2,1-3H3,(H2,39,40,42)/b12-11+/t31-,34+/m1/s1. The van der Waals surface area contributed by atoms with Crippen molar-refractivity contribution in [1.29, 1.82) is 0 Å². The first-order valence-corrected chi connectivity index (χ1v) is 18.5. The van der Waals surface area contributed by atoms with Gasteiger partial charge in [0.05, 0.1) is 25.7 Å². The normalized spacial score (nSPS) is 13.0. The van der Waals surface area contributed by atoms with Gasteiger partial charge in [-0.15, -0.1) is 0 Å². The fraction of sp³-hybridized carbons (Fsp3) is 0.757. The number of carbonyl (C=O) groups excluding carboxylic acids is 2. The minimum Gasteiger partial charge on any atom is -0.466 e. The molecule has 10 heteroatoms. The van der Waals surface area contributed by atoms with E-state index in [4.69, 9.17) is 20.9 Å². The maximum absolute atomic E-state index is 12.4. The number of nitrogens with zero attached hydrogens (tertiary/aromatic N) is 4. The number of anilines is 1. The number of hydrogen-bond acceptors (Lipinski definition) is 9. The number of hydrogen-bond donors (Lipinski definition) is 2. The zero-order chi connectivity index (χ0) is 34.1. The van der Waals surface area contributed by atoms with Crippen molar-refractivity contribution >= 4 is 29.1 Å². The molecule has 0 unspecified atom stereocenters. The predicted molar refractivity (Wildman–Crippen MR) is 190 cm³/mol. The van der Waals surface area contributed by atoms with E-state index in [-0.39, 0.29) is 37.0 Å². The van der Waals surface area contributed by atoms with Crippen molar-refractivity contribution < 1.29 is 19.1 Å². The summed E-state index contributed by atoms with van der Waals surface area (Å²) >= 11 is 0. The first-order chi connectivity index (χ1) is 22.8. The van der Waals surface area contributed by atoms with Crippen LogP contribution in [0.2, 0.25) is 0 Å². The second-order valence-corrected chi connectivity index (χ2v) is 13.4. The van der Waals surface area contributed by atoms with Crippen molar-refractivity contribution in [3.05, 3.63) is 24.7 Å². The van der Waals surface area contributed by atoms with Crippen molar-refractivity contribution in [3.8, 4) is 0 Å². The lowest BCUT2D eigenvalue weighted by Crippen LogP contribution is -2.38. The Balaban J connectivity index is 1.54. The molecular weight excluding hydrogens is 592 g/mol.